The Morgan fingerprint density at radius 3 is 2.67 bits per heavy atom. The van der Waals surface area contributed by atoms with Crippen LogP contribution in [0.2, 0.25) is 0 Å². The predicted octanol–water partition coefficient (Wildman–Crippen LogP) is 2.34. The normalized spacial score (nSPS) is 15.5. The lowest BCUT2D eigenvalue weighted by molar-refractivity contribution is -0.384. The van der Waals surface area contributed by atoms with Gasteiger partial charge >= 0.3 is 0 Å². The summed E-state index contributed by atoms with van der Waals surface area (Å²) >= 11 is 1.36. The Morgan fingerprint density at radius 1 is 1.29 bits per heavy atom. The molecule has 0 unspecified atom stereocenters. The number of rotatable bonds is 4. The molecule has 1 aromatic carbocycles. The molecule has 0 atom stereocenters. The van der Waals surface area contributed by atoms with E-state index in [1.165, 1.54) is 29.5 Å². The van der Waals surface area contributed by atoms with Gasteiger partial charge in [0, 0.05) is 43.9 Å². The topological polar surface area (TPSA) is 79.6 Å². The van der Waals surface area contributed by atoms with Gasteiger partial charge in [-0.3, -0.25) is 14.9 Å². The van der Waals surface area contributed by atoms with Gasteiger partial charge in [-0.15, -0.1) is 0 Å². The Balaban J connectivity index is 1.86. The molecule has 0 saturated carbocycles. The van der Waals surface area contributed by atoms with E-state index in [0.29, 0.717) is 16.1 Å². The Kier molecular flexibility index (Phi) is 4.59. The van der Waals surface area contributed by atoms with Crippen LogP contribution < -0.4 is 4.90 Å². The number of benzene rings is 1. The monoisotopic (exact) mass is 346 g/mol. The molecule has 0 bridgehead atoms. The third-order valence-electron chi connectivity index (χ3n) is 4.08. The van der Waals surface area contributed by atoms with Crippen LogP contribution in [-0.2, 0) is 0 Å². The highest BCUT2D eigenvalue weighted by molar-refractivity contribution is 7.17. The molecule has 0 amide bonds. The molecule has 3 rings (SSSR count). The third kappa shape index (κ3) is 3.29. The number of thiazole rings is 1. The first kappa shape index (κ1) is 16.5. The van der Waals surface area contributed by atoms with Gasteiger partial charge in [-0.2, -0.15) is 0 Å². The molecule has 1 fully saturated rings. The summed E-state index contributed by atoms with van der Waals surface area (Å²) < 4.78 is 0. The van der Waals surface area contributed by atoms with Gasteiger partial charge in [0.1, 0.15) is 0 Å². The minimum Gasteiger partial charge on any atom is -0.346 e. The summed E-state index contributed by atoms with van der Waals surface area (Å²) in [6.45, 7) is 5.50. The van der Waals surface area contributed by atoms with Gasteiger partial charge in [0.15, 0.2) is 5.13 Å². The number of aryl methyl sites for hydroxylation is 1. The molecule has 0 N–H and O–H groups in total. The Hall–Kier alpha value is -2.32. The van der Waals surface area contributed by atoms with E-state index in [-0.39, 0.29) is 11.5 Å². The Labute approximate surface area is 143 Å². The molecule has 0 spiro atoms. The quantitative estimate of drug-likeness (QED) is 0.480. The average molecular weight is 346 g/mol. The smallest absolute Gasteiger partial charge is 0.270 e. The molecular weight excluding hydrogens is 328 g/mol. The van der Waals surface area contributed by atoms with Crippen LogP contribution in [-0.4, -0.2) is 53.8 Å². The van der Waals surface area contributed by atoms with E-state index < -0.39 is 4.92 Å². The second-order valence-electron chi connectivity index (χ2n) is 5.84. The molecule has 2 heterocycles. The standard InChI is InChI=1S/C16H18N4O3S/c1-11-15(14(21)12-4-3-5-13(10-12)20(22)23)24-16(17-11)19-8-6-18(2)7-9-19/h3-5,10H,6-9H2,1-2H3. The molecule has 1 aliphatic rings. The number of hydrogen-bond donors (Lipinski definition) is 0. The minimum atomic E-state index is -0.494. The Morgan fingerprint density at radius 2 is 2.00 bits per heavy atom. The number of anilines is 1. The van der Waals surface area contributed by atoms with Gasteiger partial charge in [0.05, 0.1) is 15.5 Å². The number of nitrogens with zero attached hydrogens (tertiary/aromatic N) is 4. The molecule has 1 aliphatic heterocycles. The van der Waals surface area contributed by atoms with E-state index in [1.54, 1.807) is 13.0 Å². The van der Waals surface area contributed by atoms with Crippen LogP contribution in [0, 0.1) is 17.0 Å². The second kappa shape index (κ2) is 6.66. The maximum absolute atomic E-state index is 12.7. The number of nitro groups is 1. The molecule has 8 heteroatoms. The molecule has 0 radical (unpaired) electrons. The number of carbonyl (C=O) groups is 1. The van der Waals surface area contributed by atoms with Crippen LogP contribution >= 0.6 is 11.3 Å². The summed E-state index contributed by atoms with van der Waals surface area (Å²) in [6.07, 6.45) is 0. The fraction of sp³-hybridized carbons (Fsp3) is 0.375. The summed E-state index contributed by atoms with van der Waals surface area (Å²) in [4.78, 5) is 32.6. The van der Waals surface area contributed by atoms with Crippen LogP contribution in [0.5, 0.6) is 0 Å². The van der Waals surface area contributed by atoms with Crippen molar-refractivity contribution >= 4 is 27.9 Å². The van der Waals surface area contributed by atoms with Crippen molar-refractivity contribution in [1.82, 2.24) is 9.88 Å². The first-order chi connectivity index (χ1) is 11.5. The van der Waals surface area contributed by atoms with Gasteiger partial charge < -0.3 is 9.80 Å². The summed E-state index contributed by atoms with van der Waals surface area (Å²) in [7, 11) is 2.09. The van der Waals surface area contributed by atoms with Crippen molar-refractivity contribution in [2.24, 2.45) is 0 Å². The number of ketones is 1. The van der Waals surface area contributed by atoms with Crippen LogP contribution in [0.15, 0.2) is 24.3 Å². The highest BCUT2D eigenvalue weighted by Crippen LogP contribution is 2.29. The zero-order chi connectivity index (χ0) is 17.3. The molecule has 1 aromatic heterocycles. The Bertz CT molecular complexity index is 781. The fourth-order valence-electron chi connectivity index (χ4n) is 2.62. The van der Waals surface area contributed by atoms with Crippen LogP contribution in [0.25, 0.3) is 0 Å². The van der Waals surface area contributed by atoms with Crippen LogP contribution in [0.4, 0.5) is 10.8 Å². The summed E-state index contributed by atoms with van der Waals surface area (Å²) in [5.41, 5.74) is 0.911. The van der Waals surface area contributed by atoms with Crippen LogP contribution in [0.3, 0.4) is 0 Å². The molecular formula is C16H18N4O3S. The highest BCUT2D eigenvalue weighted by atomic mass is 32.1. The predicted molar refractivity (Wildman–Crippen MR) is 93.1 cm³/mol. The van der Waals surface area contributed by atoms with Crippen molar-refractivity contribution in [3.8, 4) is 0 Å². The molecule has 1 saturated heterocycles. The molecule has 2 aromatic rings. The van der Waals surface area contributed by atoms with Gasteiger partial charge in [0.25, 0.3) is 5.69 Å². The first-order valence-electron chi connectivity index (χ1n) is 7.66. The van der Waals surface area contributed by atoms with E-state index in [9.17, 15) is 14.9 Å². The summed E-state index contributed by atoms with van der Waals surface area (Å²) in [5.74, 6) is -0.214. The SMILES string of the molecule is Cc1nc(N2CCN(C)CC2)sc1C(=O)c1cccc([N+](=O)[O-])c1. The molecule has 24 heavy (non-hydrogen) atoms. The lowest BCUT2D eigenvalue weighted by Crippen LogP contribution is -2.44. The number of nitro benzene ring substituents is 1. The number of carbonyl (C=O) groups excluding carboxylic acids is 1. The van der Waals surface area contributed by atoms with Crippen molar-refractivity contribution in [1.29, 1.82) is 0 Å². The van der Waals surface area contributed by atoms with E-state index in [1.807, 2.05) is 0 Å². The van der Waals surface area contributed by atoms with Gasteiger partial charge in [-0.05, 0) is 14.0 Å². The molecule has 126 valence electrons. The number of piperazine rings is 1. The van der Waals surface area contributed by atoms with Gasteiger partial charge in [0.2, 0.25) is 5.78 Å². The van der Waals surface area contributed by atoms with Crippen molar-refractivity contribution in [2.45, 2.75) is 6.92 Å². The summed E-state index contributed by atoms with van der Waals surface area (Å²) in [5, 5.41) is 11.7. The second-order valence-corrected chi connectivity index (χ2v) is 6.82. The number of hydrogen-bond acceptors (Lipinski definition) is 7. The maximum atomic E-state index is 12.7. The molecule has 0 aliphatic carbocycles. The number of likely N-dealkylation sites (N-methyl/N-ethyl adjacent to an activating group) is 1. The van der Waals surface area contributed by atoms with Crippen molar-refractivity contribution in [2.75, 3.05) is 38.1 Å². The van der Waals surface area contributed by atoms with Gasteiger partial charge in [-0.25, -0.2) is 4.98 Å². The summed E-state index contributed by atoms with van der Waals surface area (Å²) in [6, 6.07) is 5.83. The van der Waals surface area contributed by atoms with Gasteiger partial charge in [-0.1, -0.05) is 23.5 Å². The minimum absolute atomic E-state index is 0.0812. The molecule has 7 nitrogen and oxygen atoms in total. The number of non-ortho nitro benzene ring substituents is 1. The zero-order valence-electron chi connectivity index (χ0n) is 13.6. The van der Waals surface area contributed by atoms with E-state index >= 15 is 0 Å². The lowest BCUT2D eigenvalue weighted by atomic mass is 10.1. The van der Waals surface area contributed by atoms with Crippen molar-refractivity contribution in [3.63, 3.8) is 0 Å². The zero-order valence-corrected chi connectivity index (χ0v) is 14.4. The number of aromatic nitrogens is 1. The lowest BCUT2D eigenvalue weighted by Gasteiger charge is -2.32. The maximum Gasteiger partial charge on any atom is 0.270 e. The van der Waals surface area contributed by atoms with E-state index in [0.717, 1.165) is 31.3 Å². The first-order valence-corrected chi connectivity index (χ1v) is 8.47. The van der Waals surface area contributed by atoms with E-state index in [2.05, 4.69) is 21.8 Å². The largest absolute Gasteiger partial charge is 0.346 e. The third-order valence-corrected chi connectivity index (χ3v) is 5.30. The van der Waals surface area contributed by atoms with Crippen LogP contribution in [0.1, 0.15) is 20.9 Å². The average Bonchev–Trinajstić information content (AvgIpc) is 2.96. The van der Waals surface area contributed by atoms with E-state index in [4.69, 9.17) is 0 Å². The highest BCUT2D eigenvalue weighted by Gasteiger charge is 2.23. The van der Waals surface area contributed by atoms with Crippen molar-refractivity contribution < 1.29 is 9.72 Å². The fourth-order valence-corrected chi connectivity index (χ4v) is 3.70. The van der Waals surface area contributed by atoms with Crippen molar-refractivity contribution in [3.05, 3.63) is 50.5 Å².